The van der Waals surface area contributed by atoms with Crippen molar-refractivity contribution < 1.29 is 18.7 Å². The van der Waals surface area contributed by atoms with Gasteiger partial charge >= 0.3 is 5.97 Å². The second-order valence-corrected chi connectivity index (χ2v) is 6.69. The molecule has 0 aliphatic heterocycles. The molecular weight excluding hydrogens is 303 g/mol. The van der Waals surface area contributed by atoms with Gasteiger partial charge in [-0.05, 0) is 39.7 Å². The Morgan fingerprint density at radius 1 is 1.39 bits per heavy atom. The lowest BCUT2D eigenvalue weighted by Crippen LogP contribution is -2.52. The highest BCUT2D eigenvalue weighted by Crippen LogP contribution is 2.20. The van der Waals surface area contributed by atoms with Crippen molar-refractivity contribution in [1.29, 1.82) is 0 Å². The number of hydrogen-bond acceptors (Lipinski definition) is 5. The van der Waals surface area contributed by atoms with Gasteiger partial charge in [0.15, 0.2) is 17.6 Å². The lowest BCUT2D eigenvalue weighted by atomic mass is 9.91. The summed E-state index contributed by atoms with van der Waals surface area (Å²) >= 11 is 0. The third-order valence-corrected chi connectivity index (χ3v) is 3.55. The number of H-pyrrole nitrogens is 1. The topological polar surface area (TPSA) is 88.3 Å². The number of ketones is 1. The van der Waals surface area contributed by atoms with Crippen LogP contribution in [0.1, 0.15) is 50.4 Å². The monoisotopic (exact) mass is 324 g/mol. The van der Waals surface area contributed by atoms with E-state index in [1.807, 2.05) is 0 Å². The van der Waals surface area contributed by atoms with E-state index < -0.39 is 34.8 Å². The van der Waals surface area contributed by atoms with Crippen molar-refractivity contribution in [1.82, 2.24) is 10.3 Å². The van der Waals surface area contributed by atoms with E-state index >= 15 is 0 Å². The van der Waals surface area contributed by atoms with E-state index in [-0.39, 0.29) is 11.6 Å². The molecule has 2 rings (SSSR count). The van der Waals surface area contributed by atoms with Gasteiger partial charge in [0, 0.05) is 17.8 Å². The van der Waals surface area contributed by atoms with Crippen LogP contribution in [-0.2, 0) is 9.53 Å². The van der Waals surface area contributed by atoms with Crippen LogP contribution in [0.5, 0.6) is 0 Å². The summed E-state index contributed by atoms with van der Waals surface area (Å²) < 4.78 is 18.7. The van der Waals surface area contributed by atoms with Crippen molar-refractivity contribution >= 4 is 11.8 Å². The number of carbonyl (C=O) groups is 2. The number of carbonyl (C=O) groups excluding carboxylic acids is 2. The zero-order valence-electron chi connectivity index (χ0n) is 13.4. The second-order valence-electron chi connectivity index (χ2n) is 6.69. The Morgan fingerprint density at radius 3 is 2.52 bits per heavy atom. The van der Waals surface area contributed by atoms with Crippen molar-refractivity contribution in [3.63, 3.8) is 0 Å². The smallest absolute Gasteiger partial charge is 0.331 e. The first kappa shape index (κ1) is 17.3. The fraction of sp³-hybridized carbons (Fsp3) is 0.562. The van der Waals surface area contributed by atoms with Gasteiger partial charge in [-0.1, -0.05) is 6.42 Å². The Hall–Kier alpha value is -2.02. The molecule has 1 aromatic heterocycles. The molecule has 0 aromatic carbocycles. The standard InChI is InChI=1S/C16H21FN2O4/c1-16(2,3)23-15(22)12(19-10-5-4-6-10)13(20)9-7-11(17)14(21)18-8-9/h7-8,10,12,19H,4-6H2,1-3H3,(H,18,21). The molecule has 1 aliphatic rings. The van der Waals surface area contributed by atoms with Crippen LogP contribution in [0.2, 0.25) is 0 Å². The molecule has 1 atom stereocenters. The molecule has 0 amide bonds. The maximum atomic E-state index is 13.4. The minimum absolute atomic E-state index is 0.0593. The Labute approximate surface area is 133 Å². The average Bonchev–Trinajstić information content (AvgIpc) is 2.38. The van der Waals surface area contributed by atoms with Crippen molar-refractivity contribution in [2.45, 2.75) is 57.7 Å². The minimum Gasteiger partial charge on any atom is -0.458 e. The Bertz CT molecular complexity index is 659. The number of esters is 1. The van der Waals surface area contributed by atoms with Gasteiger partial charge in [-0.2, -0.15) is 0 Å². The Balaban J connectivity index is 2.23. The summed E-state index contributed by atoms with van der Waals surface area (Å²) in [5.41, 5.74) is -1.74. The molecule has 1 heterocycles. The number of aromatic amines is 1. The predicted molar refractivity (Wildman–Crippen MR) is 81.8 cm³/mol. The zero-order chi connectivity index (χ0) is 17.2. The van der Waals surface area contributed by atoms with Crippen molar-refractivity contribution in [2.24, 2.45) is 0 Å². The molecule has 0 bridgehead atoms. The van der Waals surface area contributed by atoms with E-state index in [4.69, 9.17) is 4.74 Å². The lowest BCUT2D eigenvalue weighted by Gasteiger charge is -2.31. The van der Waals surface area contributed by atoms with E-state index in [1.54, 1.807) is 20.8 Å². The number of aromatic nitrogens is 1. The molecule has 1 saturated carbocycles. The third kappa shape index (κ3) is 4.48. The maximum Gasteiger partial charge on any atom is 0.331 e. The van der Waals surface area contributed by atoms with E-state index in [9.17, 15) is 18.8 Å². The van der Waals surface area contributed by atoms with Gasteiger partial charge in [0.2, 0.25) is 0 Å². The first-order valence-electron chi connectivity index (χ1n) is 7.59. The van der Waals surface area contributed by atoms with Gasteiger partial charge in [-0.15, -0.1) is 0 Å². The van der Waals surface area contributed by atoms with Gasteiger partial charge in [0.05, 0.1) is 0 Å². The van der Waals surface area contributed by atoms with Crippen LogP contribution < -0.4 is 10.9 Å². The molecule has 1 aliphatic carbocycles. The first-order valence-corrected chi connectivity index (χ1v) is 7.59. The molecule has 7 heteroatoms. The molecular formula is C16H21FN2O4. The van der Waals surface area contributed by atoms with Crippen LogP contribution in [0.4, 0.5) is 4.39 Å². The summed E-state index contributed by atoms with van der Waals surface area (Å²) in [6.07, 6.45) is 3.87. The summed E-state index contributed by atoms with van der Waals surface area (Å²) in [6, 6.07) is -0.324. The number of pyridine rings is 1. The van der Waals surface area contributed by atoms with Gasteiger partial charge in [0.25, 0.3) is 5.56 Å². The van der Waals surface area contributed by atoms with Gasteiger partial charge in [0.1, 0.15) is 5.60 Å². The SMILES string of the molecule is CC(C)(C)OC(=O)C(NC1CCC1)C(=O)c1c[nH]c(=O)c(F)c1. The summed E-state index contributed by atoms with van der Waals surface area (Å²) in [7, 11) is 0. The molecule has 2 N–H and O–H groups in total. The third-order valence-electron chi connectivity index (χ3n) is 3.55. The van der Waals surface area contributed by atoms with Gasteiger partial charge in [-0.25, -0.2) is 9.18 Å². The number of hydrogen-bond donors (Lipinski definition) is 2. The number of rotatable bonds is 5. The van der Waals surface area contributed by atoms with Crippen LogP contribution in [0.25, 0.3) is 0 Å². The highest BCUT2D eigenvalue weighted by molar-refractivity contribution is 6.12. The van der Waals surface area contributed by atoms with Crippen LogP contribution >= 0.6 is 0 Å². The number of halogens is 1. The maximum absolute atomic E-state index is 13.4. The van der Waals surface area contributed by atoms with Crippen LogP contribution in [0, 0.1) is 5.82 Å². The molecule has 1 unspecified atom stereocenters. The molecule has 1 fully saturated rings. The first-order chi connectivity index (χ1) is 10.7. The van der Waals surface area contributed by atoms with E-state index in [1.165, 1.54) is 0 Å². The van der Waals surface area contributed by atoms with Crippen molar-refractivity contribution in [3.8, 4) is 0 Å². The number of Topliss-reactive ketones (excluding diaryl/α,β-unsaturated/α-hetero) is 1. The van der Waals surface area contributed by atoms with E-state index in [0.717, 1.165) is 31.5 Å². The molecule has 0 radical (unpaired) electrons. The molecule has 0 saturated heterocycles. The van der Waals surface area contributed by atoms with Crippen LogP contribution in [-0.4, -0.2) is 34.4 Å². The fourth-order valence-electron chi connectivity index (χ4n) is 2.19. The van der Waals surface area contributed by atoms with E-state index in [2.05, 4.69) is 10.3 Å². The van der Waals surface area contributed by atoms with Gasteiger partial charge < -0.3 is 9.72 Å². The highest BCUT2D eigenvalue weighted by Gasteiger charge is 2.35. The molecule has 1 aromatic rings. The summed E-state index contributed by atoms with van der Waals surface area (Å²) in [4.78, 5) is 38.1. The van der Waals surface area contributed by atoms with Crippen molar-refractivity contribution in [2.75, 3.05) is 0 Å². The van der Waals surface area contributed by atoms with Crippen molar-refractivity contribution in [3.05, 3.63) is 34.0 Å². The Morgan fingerprint density at radius 2 is 2.04 bits per heavy atom. The lowest BCUT2D eigenvalue weighted by molar-refractivity contribution is -0.156. The van der Waals surface area contributed by atoms with Crippen LogP contribution in [0.15, 0.2) is 17.1 Å². The van der Waals surface area contributed by atoms with Crippen LogP contribution in [0.3, 0.4) is 0 Å². The molecule has 6 nitrogen and oxygen atoms in total. The number of ether oxygens (including phenoxy) is 1. The average molecular weight is 324 g/mol. The fourth-order valence-corrected chi connectivity index (χ4v) is 2.19. The summed E-state index contributed by atoms with van der Waals surface area (Å²) in [6.45, 7) is 5.11. The molecule has 126 valence electrons. The Kier molecular flexibility index (Phi) is 4.99. The highest BCUT2D eigenvalue weighted by atomic mass is 19.1. The molecule has 0 spiro atoms. The summed E-state index contributed by atoms with van der Waals surface area (Å²) in [5, 5.41) is 2.97. The summed E-state index contributed by atoms with van der Waals surface area (Å²) in [5.74, 6) is -2.40. The predicted octanol–water partition coefficient (Wildman–Crippen LogP) is 1.55. The normalized spacial score (nSPS) is 16.5. The van der Waals surface area contributed by atoms with Gasteiger partial charge in [-0.3, -0.25) is 14.9 Å². The largest absolute Gasteiger partial charge is 0.458 e. The van der Waals surface area contributed by atoms with E-state index in [0.29, 0.717) is 0 Å². The minimum atomic E-state index is -1.22. The zero-order valence-corrected chi connectivity index (χ0v) is 13.4. The quantitative estimate of drug-likeness (QED) is 0.487. The molecule has 23 heavy (non-hydrogen) atoms. The second kappa shape index (κ2) is 6.62. The number of nitrogens with one attached hydrogen (secondary N) is 2.